The van der Waals surface area contributed by atoms with Gasteiger partial charge in [-0.25, -0.2) is 13.4 Å². The van der Waals surface area contributed by atoms with Crippen LogP contribution < -0.4 is 5.32 Å². The fraction of sp³-hybridized carbons (Fsp3) is 0.263. The van der Waals surface area contributed by atoms with Gasteiger partial charge >= 0.3 is 0 Å². The highest BCUT2D eigenvalue weighted by Gasteiger charge is 2.30. The van der Waals surface area contributed by atoms with Gasteiger partial charge in [-0.2, -0.15) is 4.31 Å². The van der Waals surface area contributed by atoms with E-state index >= 15 is 0 Å². The van der Waals surface area contributed by atoms with Gasteiger partial charge in [-0.05, 0) is 35.6 Å². The number of benzene rings is 1. The number of carbonyl (C=O) groups is 1. The number of hydrogen-bond acceptors (Lipinski definition) is 6. The Bertz CT molecular complexity index is 1090. The van der Waals surface area contributed by atoms with Crippen molar-refractivity contribution in [2.24, 2.45) is 0 Å². The third kappa shape index (κ3) is 3.75. The van der Waals surface area contributed by atoms with Crippen molar-refractivity contribution in [3.05, 3.63) is 62.8 Å². The fourth-order valence-corrected chi connectivity index (χ4v) is 6.17. The zero-order valence-electron chi connectivity index (χ0n) is 15.2. The molecule has 0 atom stereocenters. The van der Waals surface area contributed by atoms with E-state index in [1.807, 2.05) is 30.5 Å². The molecule has 4 rings (SSSR count). The van der Waals surface area contributed by atoms with Gasteiger partial charge in [-0.15, -0.1) is 22.7 Å². The number of aromatic nitrogens is 1. The summed E-state index contributed by atoms with van der Waals surface area (Å²) in [4.78, 5) is 18.5. The average molecular weight is 434 g/mol. The van der Waals surface area contributed by atoms with E-state index in [-0.39, 0.29) is 12.5 Å². The van der Waals surface area contributed by atoms with Crippen LogP contribution in [-0.4, -0.2) is 30.2 Å². The molecule has 28 heavy (non-hydrogen) atoms. The molecule has 0 aliphatic carbocycles. The summed E-state index contributed by atoms with van der Waals surface area (Å²) < 4.78 is 27.4. The molecule has 1 aliphatic rings. The van der Waals surface area contributed by atoms with Crippen molar-refractivity contribution in [2.75, 3.05) is 11.9 Å². The largest absolute Gasteiger partial charge is 0.297 e. The molecule has 0 spiro atoms. The second-order valence-electron chi connectivity index (χ2n) is 6.41. The predicted octanol–water partition coefficient (Wildman–Crippen LogP) is 3.77. The predicted molar refractivity (Wildman–Crippen MR) is 112 cm³/mol. The van der Waals surface area contributed by atoms with Crippen LogP contribution in [0.3, 0.4) is 0 Å². The van der Waals surface area contributed by atoms with Gasteiger partial charge < -0.3 is 0 Å². The summed E-state index contributed by atoms with van der Waals surface area (Å²) in [6.07, 6.45) is 1.40. The number of nitrogens with one attached hydrogen (secondary N) is 1. The number of carbonyl (C=O) groups excluding carboxylic acids is 1. The van der Waals surface area contributed by atoms with E-state index in [1.54, 1.807) is 18.2 Å². The Morgan fingerprint density at radius 1 is 1.25 bits per heavy atom. The second kappa shape index (κ2) is 7.75. The monoisotopic (exact) mass is 433 g/mol. The Labute approximate surface area is 171 Å². The summed E-state index contributed by atoms with van der Waals surface area (Å²) >= 11 is 2.70. The quantitative estimate of drug-likeness (QED) is 0.664. The van der Waals surface area contributed by atoms with E-state index in [4.69, 9.17) is 0 Å². The van der Waals surface area contributed by atoms with Crippen LogP contribution in [0.5, 0.6) is 0 Å². The van der Waals surface area contributed by atoms with Gasteiger partial charge in [0.15, 0.2) is 5.13 Å². The topological polar surface area (TPSA) is 79.4 Å². The number of thiophene rings is 1. The minimum absolute atomic E-state index is 0.193. The Hall–Kier alpha value is -2.07. The molecule has 3 heterocycles. The number of sulfonamides is 1. The lowest BCUT2D eigenvalue weighted by Crippen LogP contribution is -2.35. The van der Waals surface area contributed by atoms with Crippen LogP contribution in [0.15, 0.2) is 46.7 Å². The van der Waals surface area contributed by atoms with Crippen molar-refractivity contribution in [2.45, 2.75) is 31.2 Å². The first-order valence-electron chi connectivity index (χ1n) is 8.90. The summed E-state index contributed by atoms with van der Waals surface area (Å²) in [6, 6.07) is 10.6. The lowest BCUT2D eigenvalue weighted by molar-refractivity contribution is 0.103. The molecule has 0 bridgehead atoms. The molecule has 0 saturated carbocycles. The SMILES string of the molecule is CCc1ccc(S(=O)(=O)N2CCc3nc(NC(=O)c4cccs4)sc3C2)cc1. The smallest absolute Gasteiger partial charge is 0.267 e. The highest BCUT2D eigenvalue weighted by Crippen LogP contribution is 2.31. The maximum atomic E-state index is 13.0. The summed E-state index contributed by atoms with van der Waals surface area (Å²) in [7, 11) is -3.55. The fourth-order valence-electron chi connectivity index (χ4n) is 3.04. The van der Waals surface area contributed by atoms with Gasteiger partial charge in [0.2, 0.25) is 10.0 Å². The van der Waals surface area contributed by atoms with Gasteiger partial charge in [0.1, 0.15) is 0 Å². The van der Waals surface area contributed by atoms with Crippen LogP contribution in [0, 0.1) is 0 Å². The summed E-state index contributed by atoms with van der Waals surface area (Å²) in [5, 5.41) is 5.16. The number of anilines is 1. The number of hydrogen-bond donors (Lipinski definition) is 1. The summed E-state index contributed by atoms with van der Waals surface area (Å²) in [5.74, 6) is -0.193. The molecule has 146 valence electrons. The van der Waals surface area contributed by atoms with Crippen molar-refractivity contribution in [3.63, 3.8) is 0 Å². The minimum Gasteiger partial charge on any atom is -0.297 e. The molecular weight excluding hydrogens is 414 g/mol. The van der Waals surface area contributed by atoms with Gasteiger partial charge in [0.05, 0.1) is 22.0 Å². The van der Waals surface area contributed by atoms with E-state index in [2.05, 4.69) is 10.3 Å². The van der Waals surface area contributed by atoms with Gasteiger partial charge in [-0.1, -0.05) is 25.1 Å². The lowest BCUT2D eigenvalue weighted by atomic mass is 10.2. The van der Waals surface area contributed by atoms with E-state index in [0.29, 0.717) is 27.9 Å². The molecule has 1 aliphatic heterocycles. The van der Waals surface area contributed by atoms with Crippen molar-refractivity contribution in [1.29, 1.82) is 0 Å². The van der Waals surface area contributed by atoms with Crippen molar-refractivity contribution in [1.82, 2.24) is 9.29 Å². The van der Waals surface area contributed by atoms with Crippen LogP contribution in [0.1, 0.15) is 32.7 Å². The van der Waals surface area contributed by atoms with Crippen molar-refractivity contribution < 1.29 is 13.2 Å². The maximum absolute atomic E-state index is 13.0. The van der Waals surface area contributed by atoms with Crippen LogP contribution in [0.4, 0.5) is 5.13 Å². The van der Waals surface area contributed by atoms with E-state index in [1.165, 1.54) is 27.0 Å². The zero-order valence-corrected chi connectivity index (χ0v) is 17.7. The number of aryl methyl sites for hydroxylation is 1. The average Bonchev–Trinajstić information content (AvgIpc) is 3.36. The maximum Gasteiger partial charge on any atom is 0.267 e. The molecule has 2 aromatic heterocycles. The minimum atomic E-state index is -3.55. The number of thiazole rings is 1. The first-order valence-corrected chi connectivity index (χ1v) is 12.0. The number of rotatable bonds is 5. The Kier molecular flexibility index (Phi) is 5.33. The Morgan fingerprint density at radius 2 is 2.04 bits per heavy atom. The van der Waals surface area contributed by atoms with E-state index in [9.17, 15) is 13.2 Å². The molecule has 1 aromatic carbocycles. The third-order valence-corrected chi connectivity index (χ3v) is 8.36. The van der Waals surface area contributed by atoms with Gasteiger partial charge in [0, 0.05) is 17.8 Å². The third-order valence-electron chi connectivity index (χ3n) is 4.63. The summed E-state index contributed by atoms with van der Waals surface area (Å²) in [5.41, 5.74) is 1.97. The molecule has 0 fully saturated rings. The molecule has 3 aromatic rings. The standard InChI is InChI=1S/C19H19N3O3S3/c1-2-13-5-7-14(8-6-13)28(24,25)22-10-9-15-17(12-22)27-19(20-15)21-18(23)16-4-3-11-26-16/h3-8,11H,2,9-10,12H2,1H3,(H,20,21,23). The molecule has 0 radical (unpaired) electrons. The first-order chi connectivity index (χ1) is 13.5. The molecule has 9 heteroatoms. The molecule has 0 saturated heterocycles. The van der Waals surface area contributed by atoms with Crippen molar-refractivity contribution >= 4 is 43.7 Å². The normalized spacial score (nSPS) is 14.6. The van der Waals surface area contributed by atoms with Gasteiger partial charge in [0.25, 0.3) is 5.91 Å². The number of nitrogens with zero attached hydrogens (tertiary/aromatic N) is 2. The molecule has 6 nitrogen and oxygen atoms in total. The highest BCUT2D eigenvalue weighted by atomic mass is 32.2. The van der Waals surface area contributed by atoms with Crippen molar-refractivity contribution in [3.8, 4) is 0 Å². The number of amides is 1. The van der Waals surface area contributed by atoms with E-state index in [0.717, 1.165) is 22.6 Å². The first kappa shape index (κ1) is 19.3. The van der Waals surface area contributed by atoms with Crippen LogP contribution in [-0.2, 0) is 29.4 Å². The molecular formula is C19H19N3O3S3. The lowest BCUT2D eigenvalue weighted by Gasteiger charge is -2.25. The summed E-state index contributed by atoms with van der Waals surface area (Å²) in [6.45, 7) is 2.70. The zero-order chi connectivity index (χ0) is 19.7. The second-order valence-corrected chi connectivity index (χ2v) is 10.4. The van der Waals surface area contributed by atoms with Crippen LogP contribution in [0.25, 0.3) is 0 Å². The van der Waals surface area contributed by atoms with Gasteiger partial charge in [-0.3, -0.25) is 10.1 Å². The van der Waals surface area contributed by atoms with E-state index < -0.39 is 10.0 Å². The van der Waals surface area contributed by atoms with Crippen LogP contribution >= 0.6 is 22.7 Å². The van der Waals surface area contributed by atoms with Crippen LogP contribution in [0.2, 0.25) is 0 Å². The molecule has 1 amide bonds. The Balaban J connectivity index is 1.51. The molecule has 0 unspecified atom stereocenters. The number of fused-ring (bicyclic) bond motifs is 1. The Morgan fingerprint density at radius 3 is 2.71 bits per heavy atom. The molecule has 1 N–H and O–H groups in total. The highest BCUT2D eigenvalue weighted by molar-refractivity contribution is 7.89.